The summed E-state index contributed by atoms with van der Waals surface area (Å²) in [6, 6.07) is 15.4. The topological polar surface area (TPSA) is 26.8 Å². The number of hydrogen-bond acceptors (Lipinski definition) is 3. The Bertz CT molecular complexity index is 818. The third kappa shape index (κ3) is 4.26. The van der Waals surface area contributed by atoms with Crippen LogP contribution in [0, 0.1) is 5.82 Å². The van der Waals surface area contributed by atoms with Crippen molar-refractivity contribution in [2.45, 2.75) is 25.9 Å². The zero-order chi connectivity index (χ0) is 19.5. The van der Waals surface area contributed by atoms with Gasteiger partial charge in [-0.1, -0.05) is 36.4 Å². The first-order valence-electron chi connectivity index (χ1n) is 10.2. The van der Waals surface area contributed by atoms with Crippen LogP contribution in [0.25, 0.3) is 0 Å². The van der Waals surface area contributed by atoms with E-state index in [9.17, 15) is 9.18 Å². The highest BCUT2D eigenvalue weighted by Gasteiger charge is 2.29. The Kier molecular flexibility index (Phi) is 5.74. The quantitative estimate of drug-likeness (QED) is 0.814. The van der Waals surface area contributed by atoms with Crippen LogP contribution >= 0.6 is 0 Å². The Hall–Kier alpha value is -2.24. The van der Waals surface area contributed by atoms with Gasteiger partial charge in [0.05, 0.1) is 12.6 Å². The number of carbonyl (C=O) groups is 1. The van der Waals surface area contributed by atoms with Crippen molar-refractivity contribution in [3.05, 3.63) is 71.0 Å². The van der Waals surface area contributed by atoms with Gasteiger partial charge < -0.3 is 4.90 Å². The maximum atomic E-state index is 13.6. The molecule has 4 rings (SSSR count). The van der Waals surface area contributed by atoms with Crippen LogP contribution < -0.4 is 0 Å². The normalized spacial score (nSPS) is 20.8. The predicted molar refractivity (Wildman–Crippen MR) is 108 cm³/mol. The van der Waals surface area contributed by atoms with Crippen molar-refractivity contribution in [3.8, 4) is 0 Å². The van der Waals surface area contributed by atoms with Gasteiger partial charge in [-0.2, -0.15) is 0 Å². The van der Waals surface area contributed by atoms with Gasteiger partial charge in [0.15, 0.2) is 0 Å². The number of rotatable bonds is 4. The maximum absolute atomic E-state index is 13.6. The van der Waals surface area contributed by atoms with Crippen LogP contribution in [0.5, 0.6) is 0 Å². The molecular weight excluding hydrogens is 353 g/mol. The third-order valence-corrected chi connectivity index (χ3v) is 6.04. The van der Waals surface area contributed by atoms with Crippen molar-refractivity contribution in [1.29, 1.82) is 0 Å². The van der Waals surface area contributed by atoms with Gasteiger partial charge in [0, 0.05) is 39.3 Å². The van der Waals surface area contributed by atoms with E-state index < -0.39 is 0 Å². The second kappa shape index (κ2) is 8.41. The van der Waals surface area contributed by atoms with E-state index in [-0.39, 0.29) is 17.8 Å². The number of benzene rings is 2. The second-order valence-corrected chi connectivity index (χ2v) is 7.89. The van der Waals surface area contributed by atoms with Crippen LogP contribution in [0.2, 0.25) is 0 Å². The van der Waals surface area contributed by atoms with E-state index in [1.54, 1.807) is 6.07 Å². The molecule has 28 heavy (non-hydrogen) atoms. The summed E-state index contributed by atoms with van der Waals surface area (Å²) in [5.74, 6) is -0.0756. The molecule has 2 aromatic carbocycles. The molecular formula is C23H28FN3O. The summed E-state index contributed by atoms with van der Waals surface area (Å²) in [5, 5.41) is 0. The molecule has 0 radical (unpaired) electrons. The molecule has 2 aromatic rings. The van der Waals surface area contributed by atoms with E-state index in [0.717, 1.165) is 50.3 Å². The van der Waals surface area contributed by atoms with Gasteiger partial charge in [0.2, 0.25) is 5.91 Å². The van der Waals surface area contributed by atoms with Gasteiger partial charge in [-0.15, -0.1) is 0 Å². The van der Waals surface area contributed by atoms with Crippen LogP contribution in [-0.2, 0) is 17.8 Å². The molecule has 0 aromatic heterocycles. The molecule has 1 amide bonds. The average molecular weight is 381 g/mol. The summed E-state index contributed by atoms with van der Waals surface area (Å²) < 4.78 is 13.6. The van der Waals surface area contributed by atoms with Crippen molar-refractivity contribution in [1.82, 2.24) is 14.7 Å². The van der Waals surface area contributed by atoms with Gasteiger partial charge in [-0.05, 0) is 42.2 Å². The minimum Gasteiger partial charge on any atom is -0.334 e. The lowest BCUT2D eigenvalue weighted by Crippen LogP contribution is -2.50. The predicted octanol–water partition coefficient (Wildman–Crippen LogP) is 3.09. The van der Waals surface area contributed by atoms with E-state index in [0.29, 0.717) is 13.1 Å². The Morgan fingerprint density at radius 2 is 1.71 bits per heavy atom. The third-order valence-electron chi connectivity index (χ3n) is 6.04. The van der Waals surface area contributed by atoms with E-state index in [1.165, 1.54) is 11.6 Å². The van der Waals surface area contributed by atoms with Gasteiger partial charge in [-0.25, -0.2) is 4.39 Å². The van der Waals surface area contributed by atoms with Crippen molar-refractivity contribution in [3.63, 3.8) is 0 Å². The summed E-state index contributed by atoms with van der Waals surface area (Å²) in [6.07, 6.45) is 0.802. The minimum absolute atomic E-state index is 0.0636. The SMILES string of the molecule is CC1c2cc(F)ccc2CCN1C(=O)CN1CCN(Cc2ccccc2)CC1. The number of carbonyl (C=O) groups excluding carboxylic acids is 1. The number of halogens is 1. The number of amides is 1. The molecule has 0 bridgehead atoms. The first-order chi connectivity index (χ1) is 13.6. The van der Waals surface area contributed by atoms with Gasteiger partial charge in [-0.3, -0.25) is 14.6 Å². The molecule has 1 unspecified atom stereocenters. The number of piperazine rings is 1. The highest BCUT2D eigenvalue weighted by atomic mass is 19.1. The molecule has 1 atom stereocenters. The molecule has 5 heteroatoms. The van der Waals surface area contributed by atoms with Crippen LogP contribution in [0.3, 0.4) is 0 Å². The molecule has 1 fully saturated rings. The molecule has 0 aliphatic carbocycles. The van der Waals surface area contributed by atoms with E-state index in [1.807, 2.05) is 24.0 Å². The molecule has 0 N–H and O–H groups in total. The zero-order valence-corrected chi connectivity index (χ0v) is 16.5. The summed E-state index contributed by atoms with van der Waals surface area (Å²) in [7, 11) is 0. The lowest BCUT2D eigenvalue weighted by molar-refractivity contribution is -0.135. The molecule has 0 saturated carbocycles. The van der Waals surface area contributed by atoms with Gasteiger partial charge in [0.25, 0.3) is 0 Å². The fraction of sp³-hybridized carbons (Fsp3) is 0.435. The van der Waals surface area contributed by atoms with Crippen LogP contribution in [0.1, 0.15) is 29.7 Å². The van der Waals surface area contributed by atoms with Crippen molar-refractivity contribution >= 4 is 5.91 Å². The maximum Gasteiger partial charge on any atom is 0.237 e. The zero-order valence-electron chi connectivity index (χ0n) is 16.5. The second-order valence-electron chi connectivity index (χ2n) is 7.89. The minimum atomic E-state index is -0.227. The number of fused-ring (bicyclic) bond motifs is 1. The molecule has 1 saturated heterocycles. The Morgan fingerprint density at radius 1 is 1.00 bits per heavy atom. The van der Waals surface area contributed by atoms with E-state index in [4.69, 9.17) is 0 Å². The summed E-state index contributed by atoms with van der Waals surface area (Å²) >= 11 is 0. The highest BCUT2D eigenvalue weighted by molar-refractivity contribution is 5.79. The number of hydrogen-bond donors (Lipinski definition) is 0. The number of nitrogens with zero attached hydrogens (tertiary/aromatic N) is 3. The standard InChI is InChI=1S/C23H28FN3O/c1-18-22-15-21(24)8-7-20(22)9-10-27(18)23(28)17-26-13-11-25(12-14-26)16-19-5-3-2-4-6-19/h2-8,15,18H,9-14,16-17H2,1H3. The lowest BCUT2D eigenvalue weighted by Gasteiger charge is -2.38. The molecule has 2 aliphatic heterocycles. The van der Waals surface area contributed by atoms with Gasteiger partial charge >= 0.3 is 0 Å². The fourth-order valence-electron chi connectivity index (χ4n) is 4.35. The molecule has 148 valence electrons. The van der Waals surface area contributed by atoms with Crippen LogP contribution in [0.15, 0.2) is 48.5 Å². The van der Waals surface area contributed by atoms with Crippen LogP contribution in [-0.4, -0.2) is 59.9 Å². The highest BCUT2D eigenvalue weighted by Crippen LogP contribution is 2.30. The Morgan fingerprint density at radius 3 is 2.46 bits per heavy atom. The lowest BCUT2D eigenvalue weighted by atomic mass is 9.93. The summed E-state index contributed by atoms with van der Waals surface area (Å²) in [4.78, 5) is 19.5. The molecule has 4 nitrogen and oxygen atoms in total. The smallest absolute Gasteiger partial charge is 0.237 e. The Labute approximate surface area is 166 Å². The molecule has 2 heterocycles. The van der Waals surface area contributed by atoms with Gasteiger partial charge in [0.1, 0.15) is 5.82 Å². The summed E-state index contributed by atoms with van der Waals surface area (Å²) in [6.45, 7) is 7.91. The van der Waals surface area contributed by atoms with Crippen LogP contribution in [0.4, 0.5) is 4.39 Å². The first kappa shape index (κ1) is 19.1. The van der Waals surface area contributed by atoms with Crippen molar-refractivity contribution in [2.24, 2.45) is 0 Å². The van der Waals surface area contributed by atoms with Crippen molar-refractivity contribution < 1.29 is 9.18 Å². The Balaban J connectivity index is 1.30. The monoisotopic (exact) mass is 381 g/mol. The average Bonchev–Trinajstić information content (AvgIpc) is 2.71. The molecule has 2 aliphatic rings. The summed E-state index contributed by atoms with van der Waals surface area (Å²) in [5.41, 5.74) is 3.44. The van der Waals surface area contributed by atoms with Crippen molar-refractivity contribution in [2.75, 3.05) is 39.3 Å². The van der Waals surface area contributed by atoms with E-state index >= 15 is 0 Å². The van der Waals surface area contributed by atoms with E-state index in [2.05, 4.69) is 34.1 Å². The fourth-order valence-corrected chi connectivity index (χ4v) is 4.35. The largest absolute Gasteiger partial charge is 0.334 e. The molecule has 0 spiro atoms. The first-order valence-corrected chi connectivity index (χ1v) is 10.2.